The van der Waals surface area contributed by atoms with Crippen LogP contribution in [0, 0.1) is 10.8 Å². The molecule has 0 atom stereocenters. The van der Waals surface area contributed by atoms with Gasteiger partial charge in [-0.25, -0.2) is 4.68 Å². The average Bonchev–Trinajstić information content (AvgIpc) is 2.70. The molecule has 4 rings (SSSR count). The number of nitrogens with zero attached hydrogens (tertiary/aromatic N) is 3. The first-order chi connectivity index (χ1) is 14.9. The lowest BCUT2D eigenvalue weighted by molar-refractivity contribution is -0.117. The van der Waals surface area contributed by atoms with Gasteiger partial charge in [0.15, 0.2) is 0 Å². The Hall–Kier alpha value is -3.55. The maximum atomic E-state index is 13.1. The van der Waals surface area contributed by atoms with Crippen LogP contribution in [0.4, 0.5) is 5.69 Å². The maximum Gasteiger partial charge on any atom is 0.275 e. The maximum absolute atomic E-state index is 13.1. The Morgan fingerprint density at radius 1 is 1.26 bits per heavy atom. The number of carbonyl (C=O) groups is 1. The van der Waals surface area contributed by atoms with Crippen molar-refractivity contribution in [2.75, 3.05) is 5.32 Å². The molecule has 0 saturated heterocycles. The molecule has 8 heteroatoms. The van der Waals surface area contributed by atoms with Gasteiger partial charge in [0, 0.05) is 11.6 Å². The van der Waals surface area contributed by atoms with Gasteiger partial charge in [-0.3, -0.25) is 25.0 Å². The molecule has 0 aliphatic heterocycles. The number of aromatic nitrogens is 3. The van der Waals surface area contributed by atoms with Crippen LogP contribution in [0.15, 0.2) is 41.3 Å². The molecule has 160 valence electrons. The van der Waals surface area contributed by atoms with E-state index in [0.29, 0.717) is 17.0 Å². The Morgan fingerprint density at radius 2 is 2.03 bits per heavy atom. The van der Waals surface area contributed by atoms with E-state index in [4.69, 9.17) is 10.8 Å². The SMILES string of the molecule is CC(C)c1nn(CC(=O)Nc2ccc(=N)n(C=N)c2)c(=O)c2ccc(C3CCC3)cc12. The van der Waals surface area contributed by atoms with Gasteiger partial charge >= 0.3 is 0 Å². The van der Waals surface area contributed by atoms with Crippen molar-refractivity contribution in [2.45, 2.75) is 51.5 Å². The van der Waals surface area contributed by atoms with E-state index in [1.165, 1.54) is 46.3 Å². The molecule has 1 amide bonds. The number of carbonyl (C=O) groups excluding carboxylic acids is 1. The number of fused-ring (bicyclic) bond motifs is 1. The van der Waals surface area contributed by atoms with Gasteiger partial charge in [0.1, 0.15) is 12.0 Å². The number of pyridine rings is 1. The lowest BCUT2D eigenvalue weighted by atomic mass is 9.79. The molecule has 0 bridgehead atoms. The van der Waals surface area contributed by atoms with Crippen molar-refractivity contribution in [3.63, 3.8) is 0 Å². The van der Waals surface area contributed by atoms with E-state index < -0.39 is 5.91 Å². The summed E-state index contributed by atoms with van der Waals surface area (Å²) in [5.41, 5.74) is 2.35. The van der Waals surface area contributed by atoms with E-state index in [-0.39, 0.29) is 23.5 Å². The van der Waals surface area contributed by atoms with Crippen molar-refractivity contribution in [2.24, 2.45) is 0 Å². The molecule has 31 heavy (non-hydrogen) atoms. The Morgan fingerprint density at radius 3 is 2.68 bits per heavy atom. The third-order valence-electron chi connectivity index (χ3n) is 5.83. The zero-order valence-electron chi connectivity index (χ0n) is 17.7. The number of benzene rings is 1. The third-order valence-corrected chi connectivity index (χ3v) is 5.83. The van der Waals surface area contributed by atoms with E-state index in [1.54, 1.807) is 6.07 Å². The molecule has 3 aromatic rings. The minimum Gasteiger partial charge on any atom is -0.323 e. The molecular formula is C23H26N6O2. The lowest BCUT2D eigenvalue weighted by Gasteiger charge is -2.26. The van der Waals surface area contributed by atoms with Crippen molar-refractivity contribution >= 4 is 28.7 Å². The highest BCUT2D eigenvalue weighted by Gasteiger charge is 2.22. The van der Waals surface area contributed by atoms with Crippen molar-refractivity contribution in [3.05, 3.63) is 63.6 Å². The summed E-state index contributed by atoms with van der Waals surface area (Å²) in [4.78, 5) is 25.7. The molecule has 1 saturated carbocycles. The standard InChI is InChI=1S/C23H26N6O2/c1-14(2)22-19-10-16(15-4-3-5-15)6-8-18(19)23(31)29(27-22)12-21(30)26-17-7-9-20(25)28(11-17)13-24/h6-11,13-15,24-25H,3-5,12H2,1-2H3,(H,26,30). The largest absolute Gasteiger partial charge is 0.323 e. The smallest absolute Gasteiger partial charge is 0.275 e. The third kappa shape index (κ3) is 4.05. The average molecular weight is 419 g/mol. The molecule has 3 N–H and O–H groups in total. The number of rotatable bonds is 6. The van der Waals surface area contributed by atoms with Crippen LogP contribution in [0.3, 0.4) is 0 Å². The van der Waals surface area contributed by atoms with E-state index in [9.17, 15) is 9.59 Å². The molecule has 0 unspecified atom stereocenters. The van der Waals surface area contributed by atoms with Gasteiger partial charge in [-0.15, -0.1) is 0 Å². The fourth-order valence-corrected chi connectivity index (χ4v) is 3.89. The highest BCUT2D eigenvalue weighted by atomic mass is 16.2. The molecule has 8 nitrogen and oxygen atoms in total. The quantitative estimate of drug-likeness (QED) is 0.422. The minimum absolute atomic E-state index is 0.102. The first kappa shape index (κ1) is 20.7. The molecular weight excluding hydrogens is 392 g/mol. The summed E-state index contributed by atoms with van der Waals surface area (Å²) in [5, 5.41) is 23.7. The van der Waals surface area contributed by atoms with E-state index in [1.807, 2.05) is 26.0 Å². The molecule has 1 aliphatic carbocycles. The van der Waals surface area contributed by atoms with Crippen LogP contribution in [-0.2, 0) is 11.3 Å². The first-order valence-corrected chi connectivity index (χ1v) is 10.5. The fraction of sp³-hybridized carbons (Fsp3) is 0.348. The van der Waals surface area contributed by atoms with Crippen LogP contribution in [-0.4, -0.2) is 26.6 Å². The number of hydrogen-bond acceptors (Lipinski definition) is 5. The Kier molecular flexibility index (Phi) is 5.54. The number of nitrogens with one attached hydrogen (secondary N) is 3. The van der Waals surface area contributed by atoms with Crippen LogP contribution in [0.25, 0.3) is 10.8 Å². The van der Waals surface area contributed by atoms with Gasteiger partial charge in [0.05, 0.1) is 23.1 Å². The summed E-state index contributed by atoms with van der Waals surface area (Å²) in [6.07, 6.45) is 6.09. The molecule has 0 radical (unpaired) electrons. The summed E-state index contributed by atoms with van der Waals surface area (Å²) in [6.45, 7) is 3.85. The Labute approximate surface area is 179 Å². The molecule has 1 aromatic carbocycles. The normalized spacial score (nSPS) is 13.9. The van der Waals surface area contributed by atoms with Gasteiger partial charge in [-0.1, -0.05) is 26.3 Å². The van der Waals surface area contributed by atoms with Crippen LogP contribution >= 0.6 is 0 Å². The van der Waals surface area contributed by atoms with Gasteiger partial charge in [0.2, 0.25) is 5.91 Å². The Balaban J connectivity index is 1.66. The fourth-order valence-electron chi connectivity index (χ4n) is 3.89. The first-order valence-electron chi connectivity index (χ1n) is 10.5. The summed E-state index contributed by atoms with van der Waals surface area (Å²) < 4.78 is 2.49. The second-order valence-corrected chi connectivity index (χ2v) is 8.32. The number of hydrogen-bond donors (Lipinski definition) is 3. The second-order valence-electron chi connectivity index (χ2n) is 8.32. The topological polar surface area (TPSA) is 117 Å². The predicted octanol–water partition coefficient (Wildman–Crippen LogP) is 3.16. The predicted molar refractivity (Wildman–Crippen MR) is 120 cm³/mol. The molecule has 1 aliphatic rings. The van der Waals surface area contributed by atoms with Crippen LogP contribution < -0.4 is 16.4 Å². The number of amides is 1. The summed E-state index contributed by atoms with van der Waals surface area (Å²) in [7, 11) is 0. The summed E-state index contributed by atoms with van der Waals surface area (Å²) in [6, 6.07) is 9.07. The minimum atomic E-state index is -0.399. The zero-order chi connectivity index (χ0) is 22.1. The summed E-state index contributed by atoms with van der Waals surface area (Å²) >= 11 is 0. The highest BCUT2D eigenvalue weighted by molar-refractivity contribution is 5.91. The van der Waals surface area contributed by atoms with Gasteiger partial charge in [0.25, 0.3) is 5.56 Å². The molecule has 2 aromatic heterocycles. The van der Waals surface area contributed by atoms with E-state index in [2.05, 4.69) is 16.5 Å². The Bertz CT molecular complexity index is 1280. The van der Waals surface area contributed by atoms with Crippen LogP contribution in [0.5, 0.6) is 0 Å². The second kappa shape index (κ2) is 8.29. The lowest BCUT2D eigenvalue weighted by Crippen LogP contribution is -2.31. The van der Waals surface area contributed by atoms with Crippen molar-refractivity contribution in [1.29, 1.82) is 10.8 Å². The molecule has 1 fully saturated rings. The van der Waals surface area contributed by atoms with Crippen molar-refractivity contribution < 1.29 is 4.79 Å². The summed E-state index contributed by atoms with van der Waals surface area (Å²) in [5.74, 6) is 0.269. The van der Waals surface area contributed by atoms with Crippen molar-refractivity contribution in [3.8, 4) is 0 Å². The number of anilines is 1. The van der Waals surface area contributed by atoms with E-state index in [0.717, 1.165) is 17.4 Å². The molecule has 0 spiro atoms. The zero-order valence-corrected chi connectivity index (χ0v) is 17.7. The van der Waals surface area contributed by atoms with Gasteiger partial charge < -0.3 is 5.32 Å². The van der Waals surface area contributed by atoms with Crippen LogP contribution in [0.2, 0.25) is 0 Å². The van der Waals surface area contributed by atoms with E-state index >= 15 is 0 Å². The van der Waals surface area contributed by atoms with Crippen LogP contribution in [0.1, 0.15) is 56.2 Å². The highest BCUT2D eigenvalue weighted by Crippen LogP contribution is 2.37. The van der Waals surface area contributed by atoms with Gasteiger partial charge in [-0.2, -0.15) is 5.10 Å². The molecule has 2 heterocycles. The monoisotopic (exact) mass is 418 g/mol. The van der Waals surface area contributed by atoms with Crippen molar-refractivity contribution in [1.82, 2.24) is 14.3 Å². The van der Waals surface area contributed by atoms with Gasteiger partial charge in [-0.05, 0) is 54.5 Å².